The summed E-state index contributed by atoms with van der Waals surface area (Å²) in [5.74, 6) is -0.960. The van der Waals surface area contributed by atoms with Crippen molar-refractivity contribution in [3.63, 3.8) is 0 Å². The highest BCUT2D eigenvalue weighted by Crippen LogP contribution is 2.32. The first-order chi connectivity index (χ1) is 10.7. The molecule has 1 aliphatic rings. The van der Waals surface area contributed by atoms with E-state index in [1.54, 1.807) is 6.07 Å². The second-order valence-corrected chi connectivity index (χ2v) is 6.77. The molecule has 0 unspecified atom stereocenters. The average molecular weight is 323 g/mol. The Bertz CT molecular complexity index is 603. The number of ether oxygens (including phenoxy) is 2. The van der Waals surface area contributed by atoms with Crippen LogP contribution in [0, 0.1) is 11.7 Å². The second-order valence-electron chi connectivity index (χ2n) is 6.77. The quantitative estimate of drug-likeness (QED) is 0.632. The lowest BCUT2D eigenvalue weighted by Crippen LogP contribution is -2.54. The summed E-state index contributed by atoms with van der Waals surface area (Å²) < 4.78 is 23.7. The molecule has 126 valence electrons. The van der Waals surface area contributed by atoms with E-state index in [0.29, 0.717) is 25.4 Å². The van der Waals surface area contributed by atoms with Crippen molar-refractivity contribution in [2.45, 2.75) is 26.2 Å². The molecule has 1 amide bonds. The number of amides is 1. The molecule has 1 aromatic rings. The standard InChI is InChI=1S/C17H22FNO4/c1-17(2,3)13-7-12(18)5-6-14(13)23-10-11-8-19(9-11)15(20)16(21)22-4/h5-7,11H,8-10H2,1-4H3. The van der Waals surface area contributed by atoms with Crippen molar-refractivity contribution in [2.75, 3.05) is 26.8 Å². The maximum absolute atomic E-state index is 13.5. The summed E-state index contributed by atoms with van der Waals surface area (Å²) >= 11 is 0. The Morgan fingerprint density at radius 2 is 1.96 bits per heavy atom. The van der Waals surface area contributed by atoms with Crippen LogP contribution in [0.3, 0.4) is 0 Å². The molecule has 2 rings (SSSR count). The zero-order valence-corrected chi connectivity index (χ0v) is 13.9. The number of benzene rings is 1. The van der Waals surface area contributed by atoms with Crippen molar-refractivity contribution in [2.24, 2.45) is 5.92 Å². The Morgan fingerprint density at radius 1 is 1.30 bits per heavy atom. The van der Waals surface area contributed by atoms with Crippen molar-refractivity contribution in [3.8, 4) is 5.75 Å². The average Bonchev–Trinajstić information content (AvgIpc) is 2.44. The van der Waals surface area contributed by atoms with Gasteiger partial charge in [-0.15, -0.1) is 0 Å². The number of esters is 1. The van der Waals surface area contributed by atoms with E-state index in [1.807, 2.05) is 20.8 Å². The molecule has 0 bridgehead atoms. The number of nitrogens with zero attached hydrogens (tertiary/aromatic N) is 1. The lowest BCUT2D eigenvalue weighted by molar-refractivity contribution is -0.162. The molecular weight excluding hydrogens is 301 g/mol. The summed E-state index contributed by atoms with van der Waals surface area (Å²) in [5, 5.41) is 0. The molecule has 0 radical (unpaired) electrons. The van der Waals surface area contributed by atoms with Gasteiger partial charge in [-0.2, -0.15) is 0 Å². The monoisotopic (exact) mass is 323 g/mol. The fourth-order valence-corrected chi connectivity index (χ4v) is 2.48. The van der Waals surface area contributed by atoms with Crippen LogP contribution in [0.25, 0.3) is 0 Å². The molecule has 23 heavy (non-hydrogen) atoms. The number of carbonyl (C=O) groups is 2. The minimum absolute atomic E-state index is 0.154. The fourth-order valence-electron chi connectivity index (χ4n) is 2.48. The summed E-state index contributed by atoms with van der Waals surface area (Å²) in [5.41, 5.74) is 0.573. The first-order valence-corrected chi connectivity index (χ1v) is 7.52. The van der Waals surface area contributed by atoms with E-state index in [-0.39, 0.29) is 17.2 Å². The van der Waals surface area contributed by atoms with Crippen molar-refractivity contribution in [1.29, 1.82) is 0 Å². The van der Waals surface area contributed by atoms with Crippen LogP contribution in [0.15, 0.2) is 18.2 Å². The smallest absolute Gasteiger partial charge is 0.396 e. The van der Waals surface area contributed by atoms with E-state index in [2.05, 4.69) is 4.74 Å². The number of hydrogen-bond acceptors (Lipinski definition) is 4. The van der Waals surface area contributed by atoms with Gasteiger partial charge < -0.3 is 14.4 Å². The van der Waals surface area contributed by atoms with E-state index in [1.165, 1.54) is 24.1 Å². The van der Waals surface area contributed by atoms with E-state index < -0.39 is 11.9 Å². The van der Waals surface area contributed by atoms with Crippen LogP contribution in [0.2, 0.25) is 0 Å². The van der Waals surface area contributed by atoms with Crippen LogP contribution in [0.5, 0.6) is 5.75 Å². The molecular formula is C17H22FNO4. The zero-order valence-electron chi connectivity index (χ0n) is 13.9. The van der Waals surface area contributed by atoms with Crippen LogP contribution in [0.4, 0.5) is 4.39 Å². The molecule has 0 aliphatic carbocycles. The number of carbonyl (C=O) groups excluding carboxylic acids is 2. The third-order valence-corrected chi connectivity index (χ3v) is 3.83. The third-order valence-electron chi connectivity index (χ3n) is 3.83. The summed E-state index contributed by atoms with van der Waals surface area (Å²) in [6, 6.07) is 4.49. The van der Waals surface area contributed by atoms with Crippen LogP contribution in [0.1, 0.15) is 26.3 Å². The molecule has 0 aromatic heterocycles. The van der Waals surface area contributed by atoms with Crippen molar-refractivity contribution >= 4 is 11.9 Å². The predicted octanol–water partition coefficient (Wildman–Crippen LogP) is 2.13. The Labute approximate surface area is 135 Å². The normalized spacial score (nSPS) is 15.1. The van der Waals surface area contributed by atoms with Crippen molar-refractivity contribution in [1.82, 2.24) is 4.90 Å². The van der Waals surface area contributed by atoms with Gasteiger partial charge in [0.2, 0.25) is 0 Å². The fraction of sp³-hybridized carbons (Fsp3) is 0.529. The van der Waals surface area contributed by atoms with E-state index in [0.717, 1.165) is 5.56 Å². The molecule has 0 atom stereocenters. The van der Waals surface area contributed by atoms with Gasteiger partial charge in [-0.25, -0.2) is 9.18 Å². The molecule has 1 heterocycles. The van der Waals surface area contributed by atoms with Gasteiger partial charge >= 0.3 is 11.9 Å². The van der Waals surface area contributed by atoms with Crippen LogP contribution >= 0.6 is 0 Å². The van der Waals surface area contributed by atoms with Gasteiger partial charge in [-0.05, 0) is 23.6 Å². The zero-order chi connectivity index (χ0) is 17.2. The molecule has 1 aromatic carbocycles. The SMILES string of the molecule is COC(=O)C(=O)N1CC(COc2ccc(F)cc2C(C)(C)C)C1. The first-order valence-electron chi connectivity index (χ1n) is 7.52. The summed E-state index contributed by atoms with van der Waals surface area (Å²) in [4.78, 5) is 24.1. The van der Waals surface area contributed by atoms with E-state index >= 15 is 0 Å². The highest BCUT2D eigenvalue weighted by molar-refractivity contribution is 6.32. The van der Waals surface area contributed by atoms with Crippen LogP contribution in [-0.4, -0.2) is 43.6 Å². The Balaban J connectivity index is 1.92. The molecule has 1 aliphatic heterocycles. The van der Waals surface area contributed by atoms with Gasteiger partial charge in [0.15, 0.2) is 0 Å². The Morgan fingerprint density at radius 3 is 2.52 bits per heavy atom. The predicted molar refractivity (Wildman–Crippen MR) is 82.7 cm³/mol. The van der Waals surface area contributed by atoms with Crippen molar-refractivity contribution < 1.29 is 23.5 Å². The van der Waals surface area contributed by atoms with Crippen molar-refractivity contribution in [3.05, 3.63) is 29.6 Å². The molecule has 0 saturated carbocycles. The van der Waals surface area contributed by atoms with Crippen LogP contribution in [-0.2, 0) is 19.7 Å². The van der Waals surface area contributed by atoms with E-state index in [9.17, 15) is 14.0 Å². The summed E-state index contributed by atoms with van der Waals surface area (Å²) in [7, 11) is 1.18. The van der Waals surface area contributed by atoms with Gasteiger partial charge in [0.05, 0.1) is 13.7 Å². The van der Waals surface area contributed by atoms with Gasteiger partial charge in [0.1, 0.15) is 11.6 Å². The maximum atomic E-state index is 13.5. The topological polar surface area (TPSA) is 55.8 Å². The molecule has 6 heteroatoms. The second kappa shape index (κ2) is 6.56. The third kappa shape index (κ3) is 4.00. The van der Waals surface area contributed by atoms with Crippen LogP contribution < -0.4 is 4.74 Å². The van der Waals surface area contributed by atoms with Gasteiger partial charge in [-0.3, -0.25) is 4.79 Å². The highest BCUT2D eigenvalue weighted by Gasteiger charge is 2.35. The Kier molecular flexibility index (Phi) is 4.92. The lowest BCUT2D eigenvalue weighted by Gasteiger charge is -2.38. The highest BCUT2D eigenvalue weighted by atomic mass is 19.1. The number of halogens is 1. The Hall–Kier alpha value is -2.11. The molecule has 5 nitrogen and oxygen atoms in total. The maximum Gasteiger partial charge on any atom is 0.396 e. The number of methoxy groups -OCH3 is 1. The summed E-state index contributed by atoms with van der Waals surface area (Å²) in [6.45, 7) is 7.32. The summed E-state index contributed by atoms with van der Waals surface area (Å²) in [6.07, 6.45) is 0. The van der Waals surface area contributed by atoms with E-state index in [4.69, 9.17) is 4.74 Å². The number of likely N-dealkylation sites (tertiary alicyclic amines) is 1. The largest absolute Gasteiger partial charge is 0.493 e. The minimum Gasteiger partial charge on any atom is -0.493 e. The minimum atomic E-state index is -0.849. The van der Waals surface area contributed by atoms with Gasteiger partial charge in [0.25, 0.3) is 0 Å². The first kappa shape index (κ1) is 17.2. The number of rotatable bonds is 3. The van der Waals surface area contributed by atoms with Gasteiger partial charge in [0, 0.05) is 24.6 Å². The molecule has 0 N–H and O–H groups in total. The lowest BCUT2D eigenvalue weighted by atomic mass is 9.86. The molecule has 1 saturated heterocycles. The number of hydrogen-bond donors (Lipinski definition) is 0. The molecule has 0 spiro atoms. The molecule has 1 fully saturated rings. The van der Waals surface area contributed by atoms with Gasteiger partial charge in [-0.1, -0.05) is 20.8 Å².